The second-order valence-electron chi connectivity index (χ2n) is 9.94. The van der Waals surface area contributed by atoms with Crippen molar-refractivity contribution in [3.05, 3.63) is 60.8 Å². The van der Waals surface area contributed by atoms with E-state index in [1.807, 2.05) is 0 Å². The number of hydrogen-bond donors (Lipinski definition) is 1. The van der Waals surface area contributed by atoms with Gasteiger partial charge in [0.15, 0.2) is 0 Å². The third kappa shape index (κ3) is 32.2. The van der Waals surface area contributed by atoms with Crippen LogP contribution in [0.15, 0.2) is 60.8 Å². The summed E-state index contributed by atoms with van der Waals surface area (Å²) in [6, 6.07) is 0. The molecular weight excluding hydrogens is 440 g/mol. The van der Waals surface area contributed by atoms with Gasteiger partial charge in [0.2, 0.25) is 0 Å². The molecule has 0 fully saturated rings. The first kappa shape index (κ1) is 34.2. The topological polar surface area (TPSA) is 37.3 Å². The van der Waals surface area contributed by atoms with E-state index >= 15 is 0 Å². The van der Waals surface area contributed by atoms with E-state index in [1.54, 1.807) is 0 Å². The molecule has 2 nitrogen and oxygen atoms in total. The Hall–Kier alpha value is -1.83. The van der Waals surface area contributed by atoms with E-state index in [-0.39, 0.29) is 0 Å². The number of carboxylic acids is 1. The highest BCUT2D eigenvalue weighted by Crippen LogP contribution is 2.14. The molecule has 0 unspecified atom stereocenters. The van der Waals surface area contributed by atoms with Crippen molar-refractivity contribution in [2.75, 3.05) is 0 Å². The van der Waals surface area contributed by atoms with Crippen LogP contribution >= 0.6 is 0 Å². The summed E-state index contributed by atoms with van der Waals surface area (Å²) in [5.41, 5.74) is 0. The third-order valence-corrected chi connectivity index (χ3v) is 6.42. The van der Waals surface area contributed by atoms with Crippen molar-refractivity contribution in [1.82, 2.24) is 0 Å². The summed E-state index contributed by atoms with van der Waals surface area (Å²) < 4.78 is 0. The van der Waals surface area contributed by atoms with E-state index in [9.17, 15) is 4.79 Å². The van der Waals surface area contributed by atoms with Crippen LogP contribution in [0.3, 0.4) is 0 Å². The first-order valence-corrected chi connectivity index (χ1v) is 15.2. The van der Waals surface area contributed by atoms with Crippen LogP contribution < -0.4 is 0 Å². The van der Waals surface area contributed by atoms with E-state index in [0.29, 0.717) is 6.42 Å². The highest BCUT2D eigenvalue weighted by molar-refractivity contribution is 5.66. The molecule has 0 aliphatic carbocycles. The Labute approximate surface area is 224 Å². The minimum Gasteiger partial charge on any atom is -0.481 e. The Morgan fingerprint density at radius 2 is 0.750 bits per heavy atom. The maximum atomic E-state index is 10.5. The van der Waals surface area contributed by atoms with Gasteiger partial charge >= 0.3 is 5.97 Å². The lowest BCUT2D eigenvalue weighted by atomic mass is 10.0. The van der Waals surface area contributed by atoms with Crippen LogP contribution in [0, 0.1) is 0 Å². The minimum absolute atomic E-state index is 0.338. The van der Waals surface area contributed by atoms with Crippen LogP contribution in [-0.2, 0) is 4.79 Å². The monoisotopic (exact) mass is 498 g/mol. The molecule has 0 aliphatic heterocycles. The first-order chi connectivity index (χ1) is 17.8. The summed E-state index contributed by atoms with van der Waals surface area (Å²) in [6.45, 7) is 2.17. The molecule has 0 saturated heterocycles. The van der Waals surface area contributed by atoms with Gasteiger partial charge in [0.05, 0.1) is 0 Å². The highest BCUT2D eigenvalue weighted by atomic mass is 16.4. The molecule has 0 rings (SSSR count). The van der Waals surface area contributed by atoms with Gasteiger partial charge in [-0.15, -0.1) is 0 Å². The van der Waals surface area contributed by atoms with E-state index in [2.05, 4.69) is 67.7 Å². The van der Waals surface area contributed by atoms with Crippen molar-refractivity contribution < 1.29 is 9.90 Å². The summed E-state index contributed by atoms with van der Waals surface area (Å²) in [4.78, 5) is 10.5. The molecule has 0 saturated carbocycles. The zero-order valence-corrected chi connectivity index (χ0v) is 23.7. The number of unbranched alkanes of at least 4 members (excludes halogenated alkanes) is 15. The van der Waals surface area contributed by atoms with Gasteiger partial charge in [-0.1, -0.05) is 151 Å². The summed E-state index contributed by atoms with van der Waals surface area (Å²) >= 11 is 0. The van der Waals surface area contributed by atoms with Crippen molar-refractivity contribution in [2.45, 2.75) is 148 Å². The highest BCUT2D eigenvalue weighted by Gasteiger charge is 1.97. The zero-order valence-electron chi connectivity index (χ0n) is 23.7. The van der Waals surface area contributed by atoms with Crippen LogP contribution in [0.2, 0.25) is 0 Å². The Morgan fingerprint density at radius 3 is 1.11 bits per heavy atom. The fraction of sp³-hybridized carbons (Fsp3) is 0.676. The third-order valence-electron chi connectivity index (χ3n) is 6.42. The average molecular weight is 499 g/mol. The van der Waals surface area contributed by atoms with E-state index in [1.165, 1.54) is 89.9 Å². The molecule has 0 aromatic heterocycles. The van der Waals surface area contributed by atoms with Gasteiger partial charge in [-0.05, 0) is 51.4 Å². The molecular formula is C34H58O2. The zero-order chi connectivity index (χ0) is 26.2. The molecule has 1 N–H and O–H groups in total. The van der Waals surface area contributed by atoms with Crippen molar-refractivity contribution in [2.24, 2.45) is 0 Å². The number of rotatable bonds is 27. The number of carboxylic acid groups (broad SMARTS) is 1. The van der Waals surface area contributed by atoms with Crippen molar-refractivity contribution in [3.63, 3.8) is 0 Å². The second-order valence-corrected chi connectivity index (χ2v) is 9.94. The molecule has 0 aromatic rings. The largest absolute Gasteiger partial charge is 0.481 e. The lowest BCUT2D eigenvalue weighted by molar-refractivity contribution is -0.137. The van der Waals surface area contributed by atoms with Gasteiger partial charge in [-0.3, -0.25) is 4.79 Å². The van der Waals surface area contributed by atoms with E-state index < -0.39 is 5.97 Å². The maximum Gasteiger partial charge on any atom is 0.303 e. The van der Waals surface area contributed by atoms with Crippen LogP contribution in [0.5, 0.6) is 0 Å². The molecule has 0 bridgehead atoms. The number of hydrogen-bond acceptors (Lipinski definition) is 1. The number of allylic oxidation sites excluding steroid dienone is 10. The fourth-order valence-electron chi connectivity index (χ4n) is 4.21. The molecule has 0 heterocycles. The normalized spacial score (nSPS) is 12.5. The lowest BCUT2D eigenvalue weighted by Gasteiger charge is -2.03. The van der Waals surface area contributed by atoms with Gasteiger partial charge in [-0.25, -0.2) is 0 Å². The Kier molecular flexibility index (Phi) is 29.6. The van der Waals surface area contributed by atoms with Gasteiger partial charge in [0, 0.05) is 6.42 Å². The summed E-state index contributed by atoms with van der Waals surface area (Å²) in [6.07, 6.45) is 49.1. The molecule has 0 aromatic carbocycles. The summed E-state index contributed by atoms with van der Waals surface area (Å²) in [5.74, 6) is -0.656. The van der Waals surface area contributed by atoms with Crippen LogP contribution in [-0.4, -0.2) is 11.1 Å². The number of carbonyl (C=O) groups is 1. The second kappa shape index (κ2) is 31.2. The maximum absolute atomic E-state index is 10.5. The molecule has 0 amide bonds. The Bertz CT molecular complexity index is 594. The molecule has 0 spiro atoms. The summed E-state index contributed by atoms with van der Waals surface area (Å²) in [7, 11) is 0. The van der Waals surface area contributed by atoms with Gasteiger partial charge in [0.1, 0.15) is 0 Å². The van der Waals surface area contributed by atoms with E-state index in [0.717, 1.165) is 44.9 Å². The molecule has 0 aliphatic rings. The molecule has 2 heteroatoms. The van der Waals surface area contributed by atoms with Crippen molar-refractivity contribution >= 4 is 5.97 Å². The van der Waals surface area contributed by atoms with Crippen molar-refractivity contribution in [3.8, 4) is 0 Å². The standard InChI is InChI=1S/C34H58O2/c1-2-3-4-5-6-7-8-9-10-11-12-13-14-15-16-17-18-19-20-21-22-23-24-25-26-27-28-29-30-31-32-33-34(35)36/h3-4,6-7,9-10,12-13,15-16H,2,5,8,11,14,17-33H2,1H3,(H,35,36). The van der Waals surface area contributed by atoms with Gasteiger partial charge in [-0.2, -0.15) is 0 Å². The number of aliphatic carboxylic acids is 1. The first-order valence-electron chi connectivity index (χ1n) is 15.2. The lowest BCUT2D eigenvalue weighted by Crippen LogP contribution is -1.93. The summed E-state index contributed by atoms with van der Waals surface area (Å²) in [5, 5.41) is 8.61. The predicted octanol–water partition coefficient (Wildman–Crippen LogP) is 11.5. The SMILES string of the molecule is CCC=CCC=CCC=CCC=CCC=CCCCCCCCCCCCCCCCCCC(=O)O. The fourth-order valence-corrected chi connectivity index (χ4v) is 4.21. The van der Waals surface area contributed by atoms with E-state index in [4.69, 9.17) is 5.11 Å². The van der Waals surface area contributed by atoms with Crippen LogP contribution in [0.25, 0.3) is 0 Å². The van der Waals surface area contributed by atoms with Crippen LogP contribution in [0.1, 0.15) is 148 Å². The average Bonchev–Trinajstić information content (AvgIpc) is 2.87. The van der Waals surface area contributed by atoms with Gasteiger partial charge < -0.3 is 5.11 Å². The minimum atomic E-state index is -0.656. The molecule has 206 valence electrons. The molecule has 36 heavy (non-hydrogen) atoms. The molecule has 0 atom stereocenters. The predicted molar refractivity (Wildman–Crippen MR) is 161 cm³/mol. The quantitative estimate of drug-likeness (QED) is 0.0903. The van der Waals surface area contributed by atoms with Gasteiger partial charge in [0.25, 0.3) is 0 Å². The van der Waals surface area contributed by atoms with Crippen molar-refractivity contribution in [1.29, 1.82) is 0 Å². The van der Waals surface area contributed by atoms with Crippen LogP contribution in [0.4, 0.5) is 0 Å². The smallest absolute Gasteiger partial charge is 0.303 e. The molecule has 0 radical (unpaired) electrons. The Balaban J connectivity index is 3.25. The Morgan fingerprint density at radius 1 is 0.444 bits per heavy atom.